The monoisotopic (exact) mass is 114 g/mol. The van der Waals surface area contributed by atoms with Crippen LogP contribution >= 0.6 is 11.9 Å². The van der Waals surface area contributed by atoms with Crippen molar-refractivity contribution in [2.75, 3.05) is 12.3 Å². The van der Waals surface area contributed by atoms with E-state index in [1.165, 1.54) is 0 Å². The van der Waals surface area contributed by atoms with Gasteiger partial charge in [0.25, 0.3) is 0 Å². The molecule has 2 nitrogen and oxygen atoms in total. The summed E-state index contributed by atoms with van der Waals surface area (Å²) in [6, 6.07) is 0. The summed E-state index contributed by atoms with van der Waals surface area (Å²) in [5.41, 5.74) is 0. The van der Waals surface area contributed by atoms with Crippen LogP contribution in [0.5, 0.6) is 0 Å². The zero-order chi connectivity index (χ0) is 4.95. The molecule has 0 radical (unpaired) electrons. The van der Waals surface area contributed by atoms with Gasteiger partial charge in [0.2, 0.25) is 0 Å². The van der Waals surface area contributed by atoms with Crippen LogP contribution in [0.4, 0.5) is 0 Å². The third-order valence-electron chi connectivity index (χ3n) is 0.619. The van der Waals surface area contributed by atoms with Gasteiger partial charge in [0, 0.05) is 18.5 Å². The van der Waals surface area contributed by atoms with Gasteiger partial charge in [-0.1, -0.05) is 0 Å². The van der Waals surface area contributed by atoms with Gasteiger partial charge in [-0.25, -0.2) is 4.40 Å². The third kappa shape index (κ3) is 1.73. The van der Waals surface area contributed by atoms with Crippen molar-refractivity contribution < 1.29 is 0 Å². The molecule has 38 valence electrons. The maximum Gasteiger partial charge on any atom is 0.0530 e. The molecule has 0 unspecified atom stereocenters. The van der Waals surface area contributed by atoms with Crippen molar-refractivity contribution in [3.05, 3.63) is 0 Å². The second-order valence-corrected chi connectivity index (χ2v) is 2.02. The highest BCUT2D eigenvalue weighted by atomic mass is 32.2. The Morgan fingerprint density at radius 3 is 3.43 bits per heavy atom. The molecule has 0 aromatic carbocycles. The van der Waals surface area contributed by atoms with Gasteiger partial charge in [-0.2, -0.15) is 0 Å². The van der Waals surface area contributed by atoms with E-state index in [4.69, 9.17) is 0 Å². The van der Waals surface area contributed by atoms with E-state index in [1.54, 1.807) is 24.4 Å². The minimum absolute atomic E-state index is 0.907. The largest absolute Gasteiger partial charge is 0.291 e. The van der Waals surface area contributed by atoms with Gasteiger partial charge in [-0.05, 0) is 11.9 Å². The molecule has 0 atom stereocenters. The summed E-state index contributed by atoms with van der Waals surface area (Å²) < 4.78 is 3.91. The summed E-state index contributed by atoms with van der Waals surface area (Å²) in [5.74, 6) is 1.02. The van der Waals surface area contributed by atoms with Crippen LogP contribution in [0.25, 0.3) is 0 Å². The van der Waals surface area contributed by atoms with E-state index in [1.807, 2.05) is 0 Å². The molecule has 0 saturated heterocycles. The van der Waals surface area contributed by atoms with E-state index in [9.17, 15) is 0 Å². The molecule has 1 aliphatic heterocycles. The minimum Gasteiger partial charge on any atom is -0.291 e. The lowest BCUT2D eigenvalue weighted by molar-refractivity contribution is 1.16. The summed E-state index contributed by atoms with van der Waals surface area (Å²) >= 11 is 1.56. The van der Waals surface area contributed by atoms with Crippen molar-refractivity contribution in [3.63, 3.8) is 0 Å². The Balaban J connectivity index is 2.39. The number of aliphatic imine (C=N–C) groups is 1. The summed E-state index contributed by atoms with van der Waals surface area (Å²) in [6.45, 7) is 0.907. The van der Waals surface area contributed by atoms with E-state index in [2.05, 4.69) is 9.39 Å². The van der Waals surface area contributed by atoms with Crippen LogP contribution in [0.2, 0.25) is 0 Å². The second kappa shape index (κ2) is 2.80. The van der Waals surface area contributed by atoms with Crippen LogP contribution in [0, 0.1) is 0 Å². The Morgan fingerprint density at radius 1 is 1.43 bits per heavy atom. The molecular formula is C4H6N2S. The fraction of sp³-hybridized carbons (Fsp3) is 0.500. The molecule has 1 aliphatic rings. The van der Waals surface area contributed by atoms with Gasteiger partial charge >= 0.3 is 0 Å². The van der Waals surface area contributed by atoms with Crippen molar-refractivity contribution in [3.8, 4) is 0 Å². The first-order valence-electron chi connectivity index (χ1n) is 2.14. The molecule has 0 spiro atoms. The summed E-state index contributed by atoms with van der Waals surface area (Å²) in [4.78, 5) is 3.98. The molecule has 7 heavy (non-hydrogen) atoms. The number of hydrogen-bond acceptors (Lipinski definition) is 3. The molecule has 0 aliphatic carbocycles. The second-order valence-electron chi connectivity index (χ2n) is 1.14. The summed E-state index contributed by atoms with van der Waals surface area (Å²) in [5, 5.41) is 0. The zero-order valence-corrected chi connectivity index (χ0v) is 4.69. The molecule has 0 N–H and O–H groups in total. The molecular weight excluding hydrogens is 108 g/mol. The lowest BCUT2D eigenvalue weighted by atomic mass is 10.7. The highest BCUT2D eigenvalue weighted by molar-refractivity contribution is 7.98. The van der Waals surface area contributed by atoms with Crippen molar-refractivity contribution in [1.82, 2.24) is 0 Å². The van der Waals surface area contributed by atoms with E-state index < -0.39 is 0 Å². The zero-order valence-electron chi connectivity index (χ0n) is 3.87. The van der Waals surface area contributed by atoms with E-state index in [-0.39, 0.29) is 0 Å². The van der Waals surface area contributed by atoms with Crippen LogP contribution in [0.15, 0.2) is 9.39 Å². The highest BCUT2D eigenvalue weighted by Gasteiger charge is 1.83. The standard InChI is InChI=1S/C4H6N2S/c1-2-6-7-4-3-5-1/h1-2H,3-4H2. The molecule has 0 amide bonds. The number of nitrogens with zero attached hydrogens (tertiary/aromatic N) is 2. The average molecular weight is 114 g/mol. The maximum absolute atomic E-state index is 3.98. The van der Waals surface area contributed by atoms with Gasteiger partial charge < -0.3 is 0 Å². The Morgan fingerprint density at radius 2 is 2.43 bits per heavy atom. The van der Waals surface area contributed by atoms with Crippen LogP contribution in [0.3, 0.4) is 0 Å². The van der Waals surface area contributed by atoms with Crippen molar-refractivity contribution in [2.45, 2.75) is 0 Å². The first-order chi connectivity index (χ1) is 3.50. The fourth-order valence-corrected chi connectivity index (χ4v) is 0.771. The summed E-state index contributed by atoms with van der Waals surface area (Å²) in [6.07, 6.45) is 3.46. The Hall–Kier alpha value is -0.310. The van der Waals surface area contributed by atoms with Gasteiger partial charge in [0.1, 0.15) is 0 Å². The van der Waals surface area contributed by atoms with Crippen LogP contribution in [0.1, 0.15) is 0 Å². The SMILES string of the molecule is C1=NCCSN=C1. The molecule has 0 aromatic rings. The smallest absolute Gasteiger partial charge is 0.0530 e. The molecule has 0 aromatic heterocycles. The van der Waals surface area contributed by atoms with E-state index >= 15 is 0 Å². The van der Waals surface area contributed by atoms with Crippen LogP contribution in [-0.2, 0) is 0 Å². The van der Waals surface area contributed by atoms with Crippen LogP contribution in [-0.4, -0.2) is 24.7 Å². The Bertz CT molecular complexity index is 85.9. The van der Waals surface area contributed by atoms with Crippen molar-refractivity contribution in [1.29, 1.82) is 0 Å². The maximum atomic E-state index is 3.98. The lowest BCUT2D eigenvalue weighted by Crippen LogP contribution is -1.79. The molecule has 3 heteroatoms. The first kappa shape index (κ1) is 4.84. The normalized spacial score (nSPS) is 19.4. The molecule has 0 bridgehead atoms. The van der Waals surface area contributed by atoms with Crippen molar-refractivity contribution in [2.24, 2.45) is 9.39 Å². The predicted octanol–water partition coefficient (Wildman–Crippen LogP) is 0.790. The van der Waals surface area contributed by atoms with Gasteiger partial charge in [-0.15, -0.1) is 0 Å². The Kier molecular flexibility index (Phi) is 1.93. The van der Waals surface area contributed by atoms with Crippen LogP contribution < -0.4 is 0 Å². The van der Waals surface area contributed by atoms with E-state index in [0.29, 0.717) is 0 Å². The van der Waals surface area contributed by atoms with Crippen molar-refractivity contribution >= 4 is 24.4 Å². The number of hydrogen-bond donors (Lipinski definition) is 0. The first-order valence-corrected chi connectivity index (χ1v) is 3.08. The van der Waals surface area contributed by atoms with Gasteiger partial charge in [0.15, 0.2) is 0 Å². The fourth-order valence-electron chi connectivity index (χ4n) is 0.338. The molecule has 1 heterocycles. The van der Waals surface area contributed by atoms with Gasteiger partial charge in [0.05, 0.1) is 6.21 Å². The lowest BCUT2D eigenvalue weighted by Gasteiger charge is -1.80. The molecule has 1 rings (SSSR count). The van der Waals surface area contributed by atoms with E-state index in [0.717, 1.165) is 12.3 Å². The third-order valence-corrected chi connectivity index (χ3v) is 1.26. The quantitative estimate of drug-likeness (QED) is 0.427. The highest BCUT2D eigenvalue weighted by Crippen LogP contribution is 2.00. The summed E-state index contributed by atoms with van der Waals surface area (Å²) in [7, 11) is 0. The molecule has 0 fully saturated rings. The average Bonchev–Trinajstić information content (AvgIpc) is 1.90. The minimum atomic E-state index is 0.907. The molecule has 0 saturated carbocycles. The Labute approximate surface area is 46.9 Å². The predicted molar refractivity (Wildman–Crippen MR) is 34.3 cm³/mol. The topological polar surface area (TPSA) is 24.7 Å². The van der Waals surface area contributed by atoms with Gasteiger partial charge in [-0.3, -0.25) is 4.99 Å². The number of rotatable bonds is 0.